The number of nitrogens with zero attached hydrogens (tertiary/aromatic N) is 1. The van der Waals surface area contributed by atoms with Gasteiger partial charge in [0.1, 0.15) is 11.8 Å². The van der Waals surface area contributed by atoms with Crippen molar-refractivity contribution >= 4 is 29.5 Å². The normalized spacial score (nSPS) is 20.4. The van der Waals surface area contributed by atoms with Crippen molar-refractivity contribution in [3.63, 3.8) is 0 Å². The minimum absolute atomic E-state index is 0.0354. The Kier molecular flexibility index (Phi) is 8.47. The van der Waals surface area contributed by atoms with Gasteiger partial charge in [0.15, 0.2) is 6.10 Å². The van der Waals surface area contributed by atoms with E-state index in [0.717, 1.165) is 5.56 Å². The Morgan fingerprint density at radius 3 is 2.47 bits per heavy atom. The molecule has 1 aliphatic heterocycles. The molecule has 9 heteroatoms. The molecule has 2 aromatic carbocycles. The predicted octanol–water partition coefficient (Wildman–Crippen LogP) is 2.51. The number of nitrogens with two attached hydrogens (primary N) is 1. The number of aliphatic hydroxyl groups excluding tert-OH is 1. The van der Waals surface area contributed by atoms with E-state index < -0.39 is 46.0 Å². The van der Waals surface area contributed by atoms with E-state index in [1.54, 1.807) is 25.1 Å². The molecule has 0 bridgehead atoms. The van der Waals surface area contributed by atoms with Gasteiger partial charge in [-0.3, -0.25) is 14.4 Å². The lowest BCUT2D eigenvalue weighted by Crippen LogP contribution is -2.59. The van der Waals surface area contributed by atoms with Crippen LogP contribution in [0.3, 0.4) is 0 Å². The zero-order chi connectivity index (χ0) is 26.6. The number of nitrogens with one attached hydrogen (secondary N) is 1. The first-order valence-corrected chi connectivity index (χ1v) is 12.6. The van der Waals surface area contributed by atoms with Crippen LogP contribution in [-0.4, -0.2) is 61.1 Å². The maximum Gasteiger partial charge on any atom is 0.255 e. The average molecular weight is 512 g/mol. The number of carbonyl (C=O) groups is 3. The van der Waals surface area contributed by atoms with E-state index >= 15 is 0 Å². The second-order valence-corrected chi connectivity index (χ2v) is 11.2. The van der Waals surface area contributed by atoms with Gasteiger partial charge in [0.05, 0.1) is 11.4 Å². The van der Waals surface area contributed by atoms with Gasteiger partial charge < -0.3 is 26.2 Å². The van der Waals surface area contributed by atoms with Crippen molar-refractivity contribution in [3.05, 3.63) is 77.9 Å². The number of aliphatic hydroxyl groups is 1. The summed E-state index contributed by atoms with van der Waals surface area (Å²) in [5.74, 6) is -1.94. The lowest BCUT2D eigenvalue weighted by atomic mass is 9.96. The maximum atomic E-state index is 13.7. The van der Waals surface area contributed by atoms with Crippen molar-refractivity contribution in [1.82, 2.24) is 10.2 Å². The Morgan fingerprint density at radius 2 is 1.86 bits per heavy atom. The number of hydrogen-bond donors (Lipinski definition) is 4. The fraction of sp³-hybridized carbons (Fsp3) is 0.370. The quantitative estimate of drug-likeness (QED) is 0.383. The van der Waals surface area contributed by atoms with Crippen molar-refractivity contribution < 1.29 is 24.6 Å². The number of aromatic hydroxyl groups is 1. The highest BCUT2D eigenvalue weighted by atomic mass is 32.2. The zero-order valence-electron chi connectivity index (χ0n) is 20.7. The summed E-state index contributed by atoms with van der Waals surface area (Å²) < 4.78 is -0.675. The fourth-order valence-corrected chi connectivity index (χ4v) is 6.21. The molecule has 0 spiro atoms. The molecular formula is C27H33N3O5S. The van der Waals surface area contributed by atoms with Crippen LogP contribution in [-0.2, 0) is 16.0 Å². The molecule has 1 saturated heterocycles. The van der Waals surface area contributed by atoms with Crippen LogP contribution in [0.15, 0.2) is 61.2 Å². The number of amides is 3. The van der Waals surface area contributed by atoms with E-state index in [0.29, 0.717) is 12.0 Å². The van der Waals surface area contributed by atoms with Gasteiger partial charge in [0, 0.05) is 15.9 Å². The number of phenols is 1. The van der Waals surface area contributed by atoms with Crippen LogP contribution in [0.5, 0.6) is 5.75 Å². The summed E-state index contributed by atoms with van der Waals surface area (Å²) in [4.78, 5) is 40.6. The van der Waals surface area contributed by atoms with Gasteiger partial charge in [0.25, 0.3) is 11.8 Å². The minimum Gasteiger partial charge on any atom is -0.508 e. The molecule has 4 atom stereocenters. The maximum absolute atomic E-state index is 13.7. The second kappa shape index (κ2) is 11.2. The standard InChI is InChI=1S/C27H33N3O5S/c1-5-10-21-30(23(24(28)33)27(3,4)36-21)26(35)22(32)19(15-17-11-7-6-8-12-17)29-25(34)18-13-9-14-20(31)16(18)2/h5-9,11-14,19,21-23,31-32H,1,10,15H2,2-4H3,(H2,28,33)(H,29,34)/t19-,21?,22-,23?/m0/s1. The Morgan fingerprint density at radius 1 is 1.19 bits per heavy atom. The third-order valence-corrected chi connectivity index (χ3v) is 7.90. The molecule has 1 aliphatic rings. The Hall–Kier alpha value is -3.30. The smallest absolute Gasteiger partial charge is 0.255 e. The summed E-state index contributed by atoms with van der Waals surface area (Å²) in [6, 6.07) is 11.8. The van der Waals surface area contributed by atoms with E-state index in [9.17, 15) is 24.6 Å². The molecule has 0 aromatic heterocycles. The summed E-state index contributed by atoms with van der Waals surface area (Å²) in [5, 5.41) is 23.7. The van der Waals surface area contributed by atoms with Gasteiger partial charge >= 0.3 is 0 Å². The molecule has 0 aliphatic carbocycles. The highest BCUT2D eigenvalue weighted by Crippen LogP contribution is 2.46. The van der Waals surface area contributed by atoms with Gasteiger partial charge in [-0.1, -0.05) is 42.5 Å². The number of primary amides is 1. The zero-order valence-corrected chi connectivity index (χ0v) is 21.5. The van der Waals surface area contributed by atoms with Crippen LogP contribution >= 0.6 is 11.8 Å². The number of rotatable bonds is 9. The van der Waals surface area contributed by atoms with Crippen molar-refractivity contribution in [2.75, 3.05) is 0 Å². The van der Waals surface area contributed by atoms with E-state index in [1.807, 2.05) is 44.2 Å². The molecule has 5 N–H and O–H groups in total. The van der Waals surface area contributed by atoms with Crippen LogP contribution in [0.25, 0.3) is 0 Å². The first-order valence-electron chi connectivity index (χ1n) is 11.7. The average Bonchev–Trinajstić information content (AvgIpc) is 3.10. The fourth-order valence-electron chi connectivity index (χ4n) is 4.58. The third-order valence-electron chi connectivity index (χ3n) is 6.38. The molecule has 8 nitrogen and oxygen atoms in total. The highest BCUT2D eigenvalue weighted by molar-refractivity contribution is 8.01. The molecule has 0 radical (unpaired) electrons. The Bertz CT molecular complexity index is 1140. The van der Waals surface area contributed by atoms with Gasteiger partial charge in [-0.25, -0.2) is 0 Å². The predicted molar refractivity (Wildman–Crippen MR) is 140 cm³/mol. The molecule has 2 aromatic rings. The van der Waals surface area contributed by atoms with E-state index in [-0.39, 0.29) is 17.7 Å². The lowest BCUT2D eigenvalue weighted by Gasteiger charge is -2.34. The summed E-state index contributed by atoms with van der Waals surface area (Å²) in [5.41, 5.74) is 7.11. The molecule has 192 valence electrons. The Balaban J connectivity index is 1.96. The number of benzene rings is 2. The number of thioether (sulfide) groups is 1. The van der Waals surface area contributed by atoms with Crippen molar-refractivity contribution in [2.24, 2.45) is 5.73 Å². The van der Waals surface area contributed by atoms with Crippen LogP contribution < -0.4 is 11.1 Å². The molecule has 1 heterocycles. The molecule has 3 amide bonds. The molecule has 1 fully saturated rings. The molecule has 3 rings (SSSR count). The number of carbonyl (C=O) groups excluding carboxylic acids is 3. The summed E-state index contributed by atoms with van der Waals surface area (Å²) in [7, 11) is 0. The van der Waals surface area contributed by atoms with Gasteiger partial charge in [-0.15, -0.1) is 18.3 Å². The first-order chi connectivity index (χ1) is 17.0. The van der Waals surface area contributed by atoms with Crippen molar-refractivity contribution in [2.45, 2.75) is 61.9 Å². The largest absolute Gasteiger partial charge is 0.508 e. The summed E-state index contributed by atoms with van der Waals surface area (Å²) >= 11 is 1.42. The third kappa shape index (κ3) is 5.74. The minimum atomic E-state index is -1.66. The van der Waals surface area contributed by atoms with Crippen molar-refractivity contribution in [3.8, 4) is 5.75 Å². The van der Waals surface area contributed by atoms with Crippen LogP contribution in [0.1, 0.15) is 41.8 Å². The summed E-state index contributed by atoms with van der Waals surface area (Å²) in [6.07, 6.45) is 0.553. The van der Waals surface area contributed by atoms with E-state index in [2.05, 4.69) is 11.9 Å². The molecule has 2 unspecified atom stereocenters. The second-order valence-electron chi connectivity index (χ2n) is 9.41. The molecule has 36 heavy (non-hydrogen) atoms. The van der Waals surface area contributed by atoms with Crippen molar-refractivity contribution in [1.29, 1.82) is 0 Å². The van der Waals surface area contributed by atoms with Gasteiger partial charge in [0.2, 0.25) is 5.91 Å². The van der Waals surface area contributed by atoms with Crippen LogP contribution in [0.4, 0.5) is 0 Å². The number of hydrogen-bond acceptors (Lipinski definition) is 6. The first kappa shape index (κ1) is 27.3. The SMILES string of the molecule is C=CCC1SC(C)(C)C(C(N)=O)N1C(=O)[C@@H](O)[C@H](Cc1ccccc1)NC(=O)c1cccc(O)c1C. The van der Waals surface area contributed by atoms with Crippen LogP contribution in [0, 0.1) is 6.92 Å². The Labute approximate surface area is 215 Å². The summed E-state index contributed by atoms with van der Waals surface area (Å²) in [6.45, 7) is 9.02. The van der Waals surface area contributed by atoms with E-state index in [4.69, 9.17) is 5.73 Å². The van der Waals surface area contributed by atoms with Gasteiger partial charge in [-0.05, 0) is 51.3 Å². The number of phenolic OH excluding ortho intramolecular Hbond substituents is 1. The van der Waals surface area contributed by atoms with E-state index in [1.165, 1.54) is 22.7 Å². The molecular weight excluding hydrogens is 478 g/mol. The highest BCUT2D eigenvalue weighted by Gasteiger charge is 2.53. The molecule has 0 saturated carbocycles. The monoisotopic (exact) mass is 511 g/mol. The van der Waals surface area contributed by atoms with Crippen LogP contribution in [0.2, 0.25) is 0 Å². The topological polar surface area (TPSA) is 133 Å². The van der Waals surface area contributed by atoms with Gasteiger partial charge in [-0.2, -0.15) is 0 Å². The lowest BCUT2D eigenvalue weighted by molar-refractivity contribution is -0.148.